The second kappa shape index (κ2) is 8.84. The van der Waals surface area contributed by atoms with Crippen molar-refractivity contribution >= 4 is 23.1 Å². The fourth-order valence-electron chi connectivity index (χ4n) is 3.52. The van der Waals surface area contributed by atoms with Gasteiger partial charge in [-0.1, -0.05) is 17.2 Å². The molecule has 4 rings (SSSR count). The summed E-state index contributed by atoms with van der Waals surface area (Å²) in [4.78, 5) is 17.6. The molecule has 0 aliphatic rings. The van der Waals surface area contributed by atoms with Gasteiger partial charge in [0.25, 0.3) is 5.91 Å². The van der Waals surface area contributed by atoms with Crippen LogP contribution in [0.1, 0.15) is 27.2 Å². The molecule has 7 nitrogen and oxygen atoms in total. The lowest BCUT2D eigenvalue weighted by Gasteiger charge is -2.09. The first-order valence-corrected chi connectivity index (χ1v) is 10.9. The van der Waals surface area contributed by atoms with Gasteiger partial charge < -0.3 is 14.8 Å². The van der Waals surface area contributed by atoms with E-state index in [9.17, 15) is 4.79 Å². The van der Waals surface area contributed by atoms with Gasteiger partial charge in [0.15, 0.2) is 11.5 Å². The normalized spacial score (nSPS) is 10.8. The van der Waals surface area contributed by atoms with E-state index in [1.807, 2.05) is 68.6 Å². The SMILES string of the molecule is COc1ccc(-c2csc(-n3nc(C)cc3NC(=O)c3cc(C)cc(C)c3)n2)cc1OC. The number of amides is 1. The standard InChI is InChI=1S/C24H24N4O3S/c1-14-8-15(2)10-18(9-14)23(29)26-22-11-16(3)27-28(22)24-25-19(13-32-24)17-6-7-20(30-4)21(12-17)31-5/h6-13H,1-5H3,(H,26,29). The van der Waals surface area contributed by atoms with E-state index in [-0.39, 0.29) is 5.91 Å². The average Bonchev–Trinajstić information content (AvgIpc) is 3.39. The van der Waals surface area contributed by atoms with Gasteiger partial charge in [-0.25, -0.2) is 4.98 Å². The molecule has 0 radical (unpaired) electrons. The van der Waals surface area contributed by atoms with Gasteiger partial charge in [-0.05, 0) is 51.1 Å². The van der Waals surface area contributed by atoms with Crippen LogP contribution in [0.25, 0.3) is 16.4 Å². The first-order valence-electron chi connectivity index (χ1n) is 10.0. The number of thiazole rings is 1. The molecule has 1 amide bonds. The summed E-state index contributed by atoms with van der Waals surface area (Å²) >= 11 is 1.44. The Morgan fingerprint density at radius 3 is 2.38 bits per heavy atom. The second-order valence-corrected chi connectivity index (χ2v) is 8.33. The largest absolute Gasteiger partial charge is 0.493 e. The van der Waals surface area contributed by atoms with Gasteiger partial charge in [0.2, 0.25) is 5.13 Å². The third-order valence-corrected chi connectivity index (χ3v) is 5.73. The number of benzene rings is 2. The Balaban J connectivity index is 1.64. The van der Waals surface area contributed by atoms with Crippen molar-refractivity contribution in [1.29, 1.82) is 0 Å². The number of nitrogens with one attached hydrogen (secondary N) is 1. The fourth-order valence-corrected chi connectivity index (χ4v) is 4.31. The van der Waals surface area contributed by atoms with E-state index in [1.54, 1.807) is 18.9 Å². The summed E-state index contributed by atoms with van der Waals surface area (Å²) < 4.78 is 12.4. The Morgan fingerprint density at radius 2 is 1.69 bits per heavy atom. The van der Waals surface area contributed by atoms with Gasteiger partial charge >= 0.3 is 0 Å². The van der Waals surface area contributed by atoms with Gasteiger partial charge in [0.05, 0.1) is 25.6 Å². The molecule has 0 unspecified atom stereocenters. The summed E-state index contributed by atoms with van der Waals surface area (Å²) in [6, 6.07) is 13.3. The highest BCUT2D eigenvalue weighted by molar-refractivity contribution is 7.12. The highest BCUT2D eigenvalue weighted by atomic mass is 32.1. The lowest BCUT2D eigenvalue weighted by Crippen LogP contribution is -2.15. The molecule has 0 aliphatic heterocycles. The first-order chi connectivity index (χ1) is 15.4. The minimum Gasteiger partial charge on any atom is -0.493 e. The van der Waals surface area contributed by atoms with Gasteiger partial charge in [0.1, 0.15) is 5.82 Å². The quantitative estimate of drug-likeness (QED) is 0.439. The Hall–Kier alpha value is -3.65. The molecule has 4 aromatic rings. The maximum Gasteiger partial charge on any atom is 0.256 e. The highest BCUT2D eigenvalue weighted by Gasteiger charge is 2.16. The lowest BCUT2D eigenvalue weighted by molar-refractivity contribution is 0.102. The van der Waals surface area contributed by atoms with E-state index in [0.717, 1.165) is 28.1 Å². The van der Waals surface area contributed by atoms with E-state index in [4.69, 9.17) is 14.5 Å². The van der Waals surface area contributed by atoms with Gasteiger partial charge in [-0.3, -0.25) is 4.79 Å². The number of carbonyl (C=O) groups is 1. The zero-order chi connectivity index (χ0) is 22.8. The van der Waals surface area contributed by atoms with Crippen molar-refractivity contribution in [2.24, 2.45) is 0 Å². The van der Waals surface area contributed by atoms with Crippen molar-refractivity contribution in [3.63, 3.8) is 0 Å². The predicted molar refractivity (Wildman–Crippen MR) is 126 cm³/mol. The molecule has 32 heavy (non-hydrogen) atoms. The monoisotopic (exact) mass is 448 g/mol. The molecule has 0 saturated heterocycles. The molecule has 0 saturated carbocycles. The first kappa shape index (κ1) is 21.6. The van der Waals surface area contributed by atoms with Crippen LogP contribution in [0, 0.1) is 20.8 Å². The number of ether oxygens (including phenoxy) is 2. The van der Waals surface area contributed by atoms with Crippen LogP contribution in [0.3, 0.4) is 0 Å². The number of methoxy groups -OCH3 is 2. The predicted octanol–water partition coefficient (Wildman–Crippen LogP) is 5.19. The maximum absolute atomic E-state index is 12.9. The minimum atomic E-state index is -0.186. The third-order valence-electron chi connectivity index (χ3n) is 4.91. The van der Waals surface area contributed by atoms with Crippen molar-refractivity contribution in [3.05, 3.63) is 70.2 Å². The van der Waals surface area contributed by atoms with E-state index < -0.39 is 0 Å². The third kappa shape index (κ3) is 4.36. The van der Waals surface area contributed by atoms with E-state index in [0.29, 0.717) is 28.0 Å². The molecular formula is C24H24N4O3S. The minimum absolute atomic E-state index is 0.186. The molecule has 0 atom stereocenters. The molecule has 0 spiro atoms. The topological polar surface area (TPSA) is 78.3 Å². The number of anilines is 1. The molecule has 8 heteroatoms. The van der Waals surface area contributed by atoms with Gasteiger partial charge in [0, 0.05) is 22.6 Å². The summed E-state index contributed by atoms with van der Waals surface area (Å²) in [5, 5.41) is 10.1. The highest BCUT2D eigenvalue weighted by Crippen LogP contribution is 2.33. The Bertz CT molecular complexity index is 1270. The number of hydrogen-bond acceptors (Lipinski definition) is 6. The molecule has 0 bridgehead atoms. The summed E-state index contributed by atoms with van der Waals surface area (Å²) in [6.45, 7) is 5.83. The van der Waals surface area contributed by atoms with Crippen LogP contribution in [-0.2, 0) is 0 Å². The average molecular weight is 449 g/mol. The molecule has 1 N–H and O–H groups in total. The fraction of sp³-hybridized carbons (Fsp3) is 0.208. The molecule has 2 heterocycles. The van der Waals surface area contributed by atoms with Gasteiger partial charge in [-0.15, -0.1) is 11.3 Å². The van der Waals surface area contributed by atoms with Crippen LogP contribution >= 0.6 is 11.3 Å². The Morgan fingerprint density at radius 1 is 0.969 bits per heavy atom. The number of hydrogen-bond donors (Lipinski definition) is 1. The van der Waals surface area contributed by atoms with Crippen molar-refractivity contribution in [2.75, 3.05) is 19.5 Å². The van der Waals surface area contributed by atoms with Crippen molar-refractivity contribution in [3.8, 4) is 27.9 Å². The van der Waals surface area contributed by atoms with Crippen LogP contribution < -0.4 is 14.8 Å². The number of nitrogens with zero attached hydrogens (tertiary/aromatic N) is 3. The zero-order valence-electron chi connectivity index (χ0n) is 18.6. The van der Waals surface area contributed by atoms with Crippen LogP contribution in [0.2, 0.25) is 0 Å². The molecular weight excluding hydrogens is 424 g/mol. The molecule has 2 aromatic heterocycles. The van der Waals surface area contributed by atoms with Crippen molar-refractivity contribution in [2.45, 2.75) is 20.8 Å². The van der Waals surface area contributed by atoms with Crippen LogP contribution in [0.5, 0.6) is 11.5 Å². The zero-order valence-corrected chi connectivity index (χ0v) is 19.4. The summed E-state index contributed by atoms with van der Waals surface area (Å²) in [5.41, 5.74) is 5.15. The van der Waals surface area contributed by atoms with E-state index >= 15 is 0 Å². The van der Waals surface area contributed by atoms with Crippen LogP contribution in [0.15, 0.2) is 47.8 Å². The maximum atomic E-state index is 12.9. The van der Waals surface area contributed by atoms with E-state index in [1.165, 1.54) is 11.3 Å². The van der Waals surface area contributed by atoms with Crippen LogP contribution in [0.4, 0.5) is 5.82 Å². The summed E-state index contributed by atoms with van der Waals surface area (Å²) in [5.74, 6) is 1.68. The molecule has 0 aliphatic carbocycles. The number of aryl methyl sites for hydroxylation is 3. The number of aromatic nitrogens is 3. The molecule has 164 valence electrons. The van der Waals surface area contributed by atoms with E-state index in [2.05, 4.69) is 10.4 Å². The molecule has 2 aromatic carbocycles. The number of rotatable bonds is 6. The smallest absolute Gasteiger partial charge is 0.256 e. The summed E-state index contributed by atoms with van der Waals surface area (Å²) in [7, 11) is 3.21. The Labute approximate surface area is 190 Å². The molecule has 0 fully saturated rings. The number of carbonyl (C=O) groups excluding carboxylic acids is 1. The summed E-state index contributed by atoms with van der Waals surface area (Å²) in [6.07, 6.45) is 0. The second-order valence-electron chi connectivity index (χ2n) is 7.50. The van der Waals surface area contributed by atoms with Crippen LogP contribution in [-0.4, -0.2) is 34.9 Å². The van der Waals surface area contributed by atoms with Gasteiger partial charge in [-0.2, -0.15) is 9.78 Å². The van der Waals surface area contributed by atoms with Crippen molar-refractivity contribution in [1.82, 2.24) is 14.8 Å². The lowest BCUT2D eigenvalue weighted by atomic mass is 10.1. The van der Waals surface area contributed by atoms with Crippen molar-refractivity contribution < 1.29 is 14.3 Å². The Kier molecular flexibility index (Phi) is 5.96.